The molecule has 0 unspecified atom stereocenters. The molecule has 4 heteroatoms. The number of aromatic nitrogens is 1. The van der Waals surface area contributed by atoms with Gasteiger partial charge in [0.15, 0.2) is 0 Å². The minimum absolute atomic E-state index is 0.279. The standard InChI is InChI=1S/C12H11FN2O/c1-8-4-5-9(13)7-11(8)15-12(16)10-3-2-6-14-10/h2-7,14H,1H3,(H,15,16). The molecule has 1 amide bonds. The molecule has 0 atom stereocenters. The van der Waals surface area contributed by atoms with Gasteiger partial charge >= 0.3 is 0 Å². The summed E-state index contributed by atoms with van der Waals surface area (Å²) < 4.78 is 13.0. The van der Waals surface area contributed by atoms with Crippen molar-refractivity contribution in [1.82, 2.24) is 4.98 Å². The average Bonchev–Trinajstić information content (AvgIpc) is 2.76. The first-order chi connectivity index (χ1) is 7.66. The molecule has 0 bridgehead atoms. The number of anilines is 1. The maximum atomic E-state index is 13.0. The molecule has 3 nitrogen and oxygen atoms in total. The number of benzene rings is 1. The van der Waals surface area contributed by atoms with Crippen LogP contribution in [0.25, 0.3) is 0 Å². The van der Waals surface area contributed by atoms with Crippen molar-refractivity contribution in [3.8, 4) is 0 Å². The Kier molecular flexibility index (Phi) is 2.72. The molecule has 0 aliphatic rings. The van der Waals surface area contributed by atoms with Crippen LogP contribution in [0, 0.1) is 12.7 Å². The number of H-pyrrole nitrogens is 1. The molecule has 1 heterocycles. The molecule has 0 saturated heterocycles. The molecule has 0 radical (unpaired) electrons. The normalized spacial score (nSPS) is 10.1. The summed E-state index contributed by atoms with van der Waals surface area (Å²) in [6, 6.07) is 7.67. The predicted octanol–water partition coefficient (Wildman–Crippen LogP) is 2.71. The van der Waals surface area contributed by atoms with Crippen molar-refractivity contribution in [2.24, 2.45) is 0 Å². The number of rotatable bonds is 2. The molecule has 0 saturated carbocycles. The zero-order valence-corrected chi connectivity index (χ0v) is 8.75. The van der Waals surface area contributed by atoms with Gasteiger partial charge in [0, 0.05) is 11.9 Å². The topological polar surface area (TPSA) is 44.9 Å². The summed E-state index contributed by atoms with van der Waals surface area (Å²) in [6.45, 7) is 1.81. The lowest BCUT2D eigenvalue weighted by atomic mass is 10.2. The lowest BCUT2D eigenvalue weighted by Gasteiger charge is -2.07. The van der Waals surface area contributed by atoms with Gasteiger partial charge in [-0.25, -0.2) is 4.39 Å². The number of carbonyl (C=O) groups excluding carboxylic acids is 1. The van der Waals surface area contributed by atoms with Crippen molar-refractivity contribution >= 4 is 11.6 Å². The number of amides is 1. The highest BCUT2D eigenvalue weighted by Crippen LogP contribution is 2.16. The molecule has 2 aromatic rings. The summed E-state index contributed by atoms with van der Waals surface area (Å²) in [7, 11) is 0. The van der Waals surface area contributed by atoms with E-state index in [2.05, 4.69) is 10.3 Å². The number of aromatic amines is 1. The third-order valence-electron chi connectivity index (χ3n) is 2.29. The summed E-state index contributed by atoms with van der Waals surface area (Å²) in [6.07, 6.45) is 1.66. The van der Waals surface area contributed by atoms with E-state index >= 15 is 0 Å². The summed E-state index contributed by atoms with van der Waals surface area (Å²) in [4.78, 5) is 14.5. The zero-order chi connectivity index (χ0) is 11.5. The second-order valence-electron chi connectivity index (χ2n) is 3.50. The minimum atomic E-state index is -0.368. The van der Waals surface area contributed by atoms with Crippen LogP contribution in [0.4, 0.5) is 10.1 Å². The minimum Gasteiger partial charge on any atom is -0.357 e. The van der Waals surface area contributed by atoms with Gasteiger partial charge in [0.1, 0.15) is 11.5 Å². The third-order valence-corrected chi connectivity index (χ3v) is 2.29. The maximum Gasteiger partial charge on any atom is 0.272 e. The number of hydrogen-bond donors (Lipinski definition) is 2. The Morgan fingerprint density at radius 2 is 2.19 bits per heavy atom. The van der Waals surface area contributed by atoms with Crippen LogP contribution in [0.1, 0.15) is 16.1 Å². The lowest BCUT2D eigenvalue weighted by molar-refractivity contribution is 0.102. The van der Waals surface area contributed by atoms with Crippen molar-refractivity contribution in [3.63, 3.8) is 0 Å². The zero-order valence-electron chi connectivity index (χ0n) is 8.75. The van der Waals surface area contributed by atoms with Gasteiger partial charge < -0.3 is 10.3 Å². The smallest absolute Gasteiger partial charge is 0.272 e. The highest BCUT2D eigenvalue weighted by molar-refractivity contribution is 6.03. The van der Waals surface area contributed by atoms with E-state index in [9.17, 15) is 9.18 Å². The first-order valence-electron chi connectivity index (χ1n) is 4.88. The second kappa shape index (κ2) is 4.18. The van der Waals surface area contributed by atoms with Gasteiger partial charge in [0.05, 0.1) is 0 Å². The van der Waals surface area contributed by atoms with Crippen LogP contribution in [0.3, 0.4) is 0 Å². The third kappa shape index (κ3) is 2.11. The molecule has 1 aromatic heterocycles. The van der Waals surface area contributed by atoms with Crippen LogP contribution in [0.5, 0.6) is 0 Å². The summed E-state index contributed by atoms with van der Waals surface area (Å²) in [5, 5.41) is 2.64. The maximum absolute atomic E-state index is 13.0. The molecular weight excluding hydrogens is 207 g/mol. The fourth-order valence-corrected chi connectivity index (χ4v) is 1.39. The number of carbonyl (C=O) groups is 1. The van der Waals surface area contributed by atoms with E-state index in [1.165, 1.54) is 12.1 Å². The van der Waals surface area contributed by atoms with Crippen LogP contribution < -0.4 is 5.32 Å². The fraction of sp³-hybridized carbons (Fsp3) is 0.0833. The first-order valence-corrected chi connectivity index (χ1v) is 4.88. The molecule has 0 aliphatic carbocycles. The van der Waals surface area contributed by atoms with Crippen LogP contribution in [0.2, 0.25) is 0 Å². The van der Waals surface area contributed by atoms with Crippen molar-refractivity contribution in [2.45, 2.75) is 6.92 Å². The number of nitrogens with one attached hydrogen (secondary N) is 2. The molecule has 16 heavy (non-hydrogen) atoms. The summed E-state index contributed by atoms with van der Waals surface area (Å²) in [5.74, 6) is -0.647. The first kappa shape index (κ1) is 10.4. The molecule has 0 aliphatic heterocycles. The predicted molar refractivity (Wildman–Crippen MR) is 59.9 cm³/mol. The van der Waals surface area contributed by atoms with Gasteiger partial charge in [-0.05, 0) is 36.8 Å². The summed E-state index contributed by atoms with van der Waals surface area (Å²) >= 11 is 0. The highest BCUT2D eigenvalue weighted by atomic mass is 19.1. The Labute approximate surface area is 92.3 Å². The Hall–Kier alpha value is -2.10. The van der Waals surface area contributed by atoms with E-state index in [1.54, 1.807) is 24.4 Å². The Balaban J connectivity index is 2.21. The average molecular weight is 218 g/mol. The van der Waals surface area contributed by atoms with E-state index in [4.69, 9.17) is 0 Å². The lowest BCUT2D eigenvalue weighted by Crippen LogP contribution is -2.13. The van der Waals surface area contributed by atoms with Gasteiger partial charge in [-0.3, -0.25) is 4.79 Å². The monoisotopic (exact) mass is 218 g/mol. The van der Waals surface area contributed by atoms with Crippen molar-refractivity contribution in [2.75, 3.05) is 5.32 Å². The Bertz CT molecular complexity index is 506. The van der Waals surface area contributed by atoms with Gasteiger partial charge in [-0.15, -0.1) is 0 Å². The number of aryl methyl sites for hydroxylation is 1. The van der Waals surface area contributed by atoms with E-state index in [-0.39, 0.29) is 11.7 Å². The van der Waals surface area contributed by atoms with Crippen LogP contribution >= 0.6 is 0 Å². The molecule has 0 spiro atoms. The van der Waals surface area contributed by atoms with Gasteiger partial charge in [0.2, 0.25) is 0 Å². The van der Waals surface area contributed by atoms with Gasteiger partial charge in [-0.1, -0.05) is 6.07 Å². The van der Waals surface area contributed by atoms with Gasteiger partial charge in [-0.2, -0.15) is 0 Å². The highest BCUT2D eigenvalue weighted by Gasteiger charge is 2.08. The van der Waals surface area contributed by atoms with E-state index < -0.39 is 0 Å². The molecule has 0 fully saturated rings. The van der Waals surface area contributed by atoms with E-state index in [0.29, 0.717) is 11.4 Å². The number of hydrogen-bond acceptors (Lipinski definition) is 1. The fourth-order valence-electron chi connectivity index (χ4n) is 1.39. The Morgan fingerprint density at radius 1 is 1.38 bits per heavy atom. The molecule has 1 aromatic carbocycles. The largest absolute Gasteiger partial charge is 0.357 e. The molecule has 82 valence electrons. The van der Waals surface area contributed by atoms with Gasteiger partial charge in [0.25, 0.3) is 5.91 Å². The second-order valence-corrected chi connectivity index (χ2v) is 3.50. The SMILES string of the molecule is Cc1ccc(F)cc1NC(=O)c1ccc[nH]1. The van der Waals surface area contributed by atoms with Crippen LogP contribution in [-0.4, -0.2) is 10.9 Å². The van der Waals surface area contributed by atoms with E-state index in [0.717, 1.165) is 5.56 Å². The number of halogens is 1. The van der Waals surface area contributed by atoms with Crippen LogP contribution in [0.15, 0.2) is 36.5 Å². The van der Waals surface area contributed by atoms with Crippen molar-refractivity contribution < 1.29 is 9.18 Å². The molecular formula is C12H11FN2O. The summed E-state index contributed by atoms with van der Waals surface area (Å²) in [5.41, 5.74) is 1.75. The van der Waals surface area contributed by atoms with Crippen molar-refractivity contribution in [1.29, 1.82) is 0 Å². The van der Waals surface area contributed by atoms with Crippen LogP contribution in [-0.2, 0) is 0 Å². The molecule has 2 N–H and O–H groups in total. The quantitative estimate of drug-likeness (QED) is 0.799. The van der Waals surface area contributed by atoms with Crippen molar-refractivity contribution in [3.05, 3.63) is 53.6 Å². The van der Waals surface area contributed by atoms with E-state index in [1.807, 2.05) is 6.92 Å². The Morgan fingerprint density at radius 3 is 2.88 bits per heavy atom. The molecule has 2 rings (SSSR count).